The largest absolute Gasteiger partial charge is 0.481 e. The molecule has 1 aliphatic heterocycles. The van der Waals surface area contributed by atoms with Crippen molar-refractivity contribution in [2.24, 2.45) is 0 Å². The van der Waals surface area contributed by atoms with Crippen LogP contribution in [0.15, 0.2) is 0 Å². The van der Waals surface area contributed by atoms with Crippen molar-refractivity contribution in [1.29, 1.82) is 0 Å². The molecule has 6 heteroatoms. The Morgan fingerprint density at radius 1 is 1.26 bits per heavy atom. The number of carboxylic acids is 1. The highest BCUT2D eigenvalue weighted by molar-refractivity contribution is 5.77. The van der Waals surface area contributed by atoms with E-state index in [9.17, 15) is 14.7 Å². The zero-order valence-electron chi connectivity index (χ0n) is 11.1. The first-order valence-electron chi connectivity index (χ1n) is 6.98. The second kappa shape index (κ2) is 5.77. The van der Waals surface area contributed by atoms with Gasteiger partial charge in [0.05, 0.1) is 24.6 Å². The Bertz CT molecular complexity index is 355. The third-order valence-electron chi connectivity index (χ3n) is 4.27. The van der Waals surface area contributed by atoms with Gasteiger partial charge in [-0.3, -0.25) is 4.79 Å². The van der Waals surface area contributed by atoms with Crippen molar-refractivity contribution < 1.29 is 19.8 Å². The molecule has 2 fully saturated rings. The van der Waals surface area contributed by atoms with E-state index in [1.807, 2.05) is 0 Å². The first-order valence-corrected chi connectivity index (χ1v) is 6.98. The third-order valence-corrected chi connectivity index (χ3v) is 4.27. The van der Waals surface area contributed by atoms with Crippen LogP contribution in [0.3, 0.4) is 0 Å². The Labute approximate surface area is 112 Å². The molecule has 1 saturated heterocycles. The SMILES string of the molecule is O=C(O)CC1(NC(=O)N2CCCCC2CO)CCC1. The summed E-state index contributed by atoms with van der Waals surface area (Å²) in [4.78, 5) is 24.8. The van der Waals surface area contributed by atoms with Crippen molar-refractivity contribution in [2.45, 2.75) is 56.5 Å². The molecule has 2 aliphatic rings. The summed E-state index contributed by atoms with van der Waals surface area (Å²) in [5.74, 6) is -0.877. The highest BCUT2D eigenvalue weighted by Crippen LogP contribution is 2.35. The Hall–Kier alpha value is -1.30. The number of piperidine rings is 1. The van der Waals surface area contributed by atoms with Gasteiger partial charge < -0.3 is 20.4 Å². The fraction of sp³-hybridized carbons (Fsp3) is 0.846. The van der Waals surface area contributed by atoms with E-state index in [4.69, 9.17) is 5.11 Å². The van der Waals surface area contributed by atoms with Gasteiger partial charge >= 0.3 is 12.0 Å². The highest BCUT2D eigenvalue weighted by Gasteiger charge is 2.42. The lowest BCUT2D eigenvalue weighted by atomic mass is 9.74. The number of hydrogen-bond donors (Lipinski definition) is 3. The maximum absolute atomic E-state index is 12.3. The van der Waals surface area contributed by atoms with Crippen LogP contribution < -0.4 is 5.32 Å². The summed E-state index contributed by atoms with van der Waals surface area (Å²) < 4.78 is 0. The van der Waals surface area contributed by atoms with Gasteiger partial charge in [0.25, 0.3) is 0 Å². The second-order valence-electron chi connectivity index (χ2n) is 5.66. The number of carbonyl (C=O) groups is 2. The van der Waals surface area contributed by atoms with Crippen LogP contribution in [0.4, 0.5) is 4.79 Å². The lowest BCUT2D eigenvalue weighted by Gasteiger charge is -2.44. The summed E-state index contributed by atoms with van der Waals surface area (Å²) in [7, 11) is 0. The highest BCUT2D eigenvalue weighted by atomic mass is 16.4. The molecule has 2 rings (SSSR count). The number of amides is 2. The van der Waals surface area contributed by atoms with Crippen LogP contribution in [0.2, 0.25) is 0 Å². The number of urea groups is 1. The first kappa shape index (κ1) is 14.1. The van der Waals surface area contributed by atoms with E-state index in [2.05, 4.69) is 5.32 Å². The maximum atomic E-state index is 12.3. The molecule has 0 spiro atoms. The normalized spacial score (nSPS) is 25.5. The van der Waals surface area contributed by atoms with Gasteiger partial charge in [0.1, 0.15) is 0 Å². The first-order chi connectivity index (χ1) is 9.06. The van der Waals surface area contributed by atoms with Crippen LogP contribution in [0.1, 0.15) is 44.9 Å². The van der Waals surface area contributed by atoms with Gasteiger partial charge in [-0.15, -0.1) is 0 Å². The fourth-order valence-corrected chi connectivity index (χ4v) is 3.00. The molecule has 108 valence electrons. The quantitative estimate of drug-likeness (QED) is 0.709. The standard InChI is InChI=1S/C13H22N2O4/c16-9-10-4-1-2-7-15(10)12(19)14-13(5-3-6-13)8-11(17)18/h10,16H,1-9H2,(H,14,19)(H,17,18). The summed E-state index contributed by atoms with van der Waals surface area (Å²) in [6.07, 6.45) is 5.17. The fourth-order valence-electron chi connectivity index (χ4n) is 3.00. The van der Waals surface area contributed by atoms with Crippen LogP contribution >= 0.6 is 0 Å². The van der Waals surface area contributed by atoms with Crippen molar-refractivity contribution in [1.82, 2.24) is 10.2 Å². The number of nitrogens with zero attached hydrogens (tertiary/aromatic N) is 1. The molecule has 0 bridgehead atoms. The van der Waals surface area contributed by atoms with Gasteiger partial charge in [-0.1, -0.05) is 0 Å². The van der Waals surface area contributed by atoms with Crippen LogP contribution in [0.25, 0.3) is 0 Å². The monoisotopic (exact) mass is 270 g/mol. The summed E-state index contributed by atoms with van der Waals surface area (Å²) in [5.41, 5.74) is -0.569. The molecular formula is C13H22N2O4. The Morgan fingerprint density at radius 2 is 2.00 bits per heavy atom. The molecule has 19 heavy (non-hydrogen) atoms. The minimum atomic E-state index is -0.877. The molecule has 2 amide bonds. The smallest absolute Gasteiger partial charge is 0.318 e. The van der Waals surface area contributed by atoms with Gasteiger partial charge in [0, 0.05) is 6.54 Å². The van der Waals surface area contributed by atoms with Gasteiger partial charge in [-0.05, 0) is 38.5 Å². The third kappa shape index (κ3) is 3.18. The van der Waals surface area contributed by atoms with E-state index in [0.717, 1.165) is 38.5 Å². The van der Waals surface area contributed by atoms with E-state index in [-0.39, 0.29) is 25.1 Å². The van der Waals surface area contributed by atoms with E-state index < -0.39 is 11.5 Å². The molecule has 0 aromatic heterocycles. The van der Waals surface area contributed by atoms with Crippen LogP contribution in [-0.4, -0.2) is 51.8 Å². The molecule has 0 aromatic rings. The number of nitrogens with one attached hydrogen (secondary N) is 1. The molecule has 1 aliphatic carbocycles. The number of aliphatic hydroxyl groups excluding tert-OH is 1. The summed E-state index contributed by atoms with van der Waals surface area (Å²) >= 11 is 0. The van der Waals surface area contributed by atoms with E-state index in [1.165, 1.54) is 0 Å². The molecule has 1 unspecified atom stereocenters. The summed E-state index contributed by atoms with van der Waals surface area (Å²) in [6, 6.07) is -0.351. The second-order valence-corrected chi connectivity index (χ2v) is 5.66. The van der Waals surface area contributed by atoms with E-state index in [0.29, 0.717) is 6.54 Å². The van der Waals surface area contributed by atoms with Crippen molar-refractivity contribution in [3.8, 4) is 0 Å². The molecule has 0 radical (unpaired) electrons. The molecule has 1 heterocycles. The van der Waals surface area contributed by atoms with Crippen molar-refractivity contribution in [2.75, 3.05) is 13.2 Å². The van der Waals surface area contributed by atoms with Gasteiger partial charge in [-0.25, -0.2) is 4.79 Å². The minimum Gasteiger partial charge on any atom is -0.481 e. The number of rotatable bonds is 4. The van der Waals surface area contributed by atoms with Crippen LogP contribution in [0, 0.1) is 0 Å². The zero-order valence-corrected chi connectivity index (χ0v) is 11.1. The molecular weight excluding hydrogens is 248 g/mol. The van der Waals surface area contributed by atoms with Crippen molar-refractivity contribution in [3.05, 3.63) is 0 Å². The number of aliphatic hydroxyl groups is 1. The maximum Gasteiger partial charge on any atom is 0.318 e. The molecule has 1 atom stereocenters. The zero-order chi connectivity index (χ0) is 13.9. The van der Waals surface area contributed by atoms with E-state index in [1.54, 1.807) is 4.90 Å². The molecule has 0 aromatic carbocycles. The minimum absolute atomic E-state index is 0.0175. The number of likely N-dealkylation sites (tertiary alicyclic amines) is 1. The average Bonchev–Trinajstić information content (AvgIpc) is 2.35. The van der Waals surface area contributed by atoms with E-state index >= 15 is 0 Å². The Kier molecular flexibility index (Phi) is 4.29. The molecule has 6 nitrogen and oxygen atoms in total. The molecule has 1 saturated carbocycles. The van der Waals surface area contributed by atoms with Gasteiger partial charge in [-0.2, -0.15) is 0 Å². The predicted octanol–water partition coefficient (Wildman–Crippen LogP) is 0.940. The number of carbonyl (C=O) groups excluding carboxylic acids is 1. The summed E-state index contributed by atoms with van der Waals surface area (Å²) in [5, 5.41) is 21.1. The Morgan fingerprint density at radius 3 is 2.53 bits per heavy atom. The summed E-state index contributed by atoms with van der Waals surface area (Å²) in [6.45, 7) is 0.611. The number of carboxylic acid groups (broad SMARTS) is 1. The van der Waals surface area contributed by atoms with Crippen molar-refractivity contribution in [3.63, 3.8) is 0 Å². The van der Waals surface area contributed by atoms with Gasteiger partial charge in [0.2, 0.25) is 0 Å². The number of aliphatic carboxylic acids is 1. The molecule has 3 N–H and O–H groups in total. The number of hydrogen-bond acceptors (Lipinski definition) is 3. The van der Waals surface area contributed by atoms with Crippen LogP contribution in [-0.2, 0) is 4.79 Å². The Balaban J connectivity index is 1.96. The van der Waals surface area contributed by atoms with Crippen LogP contribution in [0.5, 0.6) is 0 Å². The topological polar surface area (TPSA) is 89.9 Å². The average molecular weight is 270 g/mol. The van der Waals surface area contributed by atoms with Crippen molar-refractivity contribution >= 4 is 12.0 Å². The van der Waals surface area contributed by atoms with Gasteiger partial charge in [0.15, 0.2) is 0 Å². The lowest BCUT2D eigenvalue weighted by Crippen LogP contribution is -2.60. The predicted molar refractivity (Wildman–Crippen MR) is 68.8 cm³/mol. The lowest BCUT2D eigenvalue weighted by molar-refractivity contribution is -0.139.